The normalized spacial score (nSPS) is 9.50. The molecule has 3 heteroatoms. The second-order valence-corrected chi connectivity index (χ2v) is 1.46. The van der Waals surface area contributed by atoms with Crippen molar-refractivity contribution in [1.29, 1.82) is 0 Å². The van der Waals surface area contributed by atoms with Crippen molar-refractivity contribution in [2.24, 2.45) is 5.73 Å². The molecule has 0 fully saturated rings. The van der Waals surface area contributed by atoms with Gasteiger partial charge in [-0.25, -0.2) is 0 Å². The van der Waals surface area contributed by atoms with Crippen molar-refractivity contribution < 1.29 is 0 Å². The van der Waals surface area contributed by atoms with E-state index in [0.29, 0.717) is 0 Å². The number of nitrogens with two attached hydrogens (primary N) is 1. The van der Waals surface area contributed by atoms with Crippen LogP contribution < -0.4 is 11.1 Å². The van der Waals surface area contributed by atoms with Gasteiger partial charge < -0.3 is 11.1 Å². The van der Waals surface area contributed by atoms with Crippen LogP contribution in [0.1, 0.15) is 0 Å². The third-order valence-electron chi connectivity index (χ3n) is 0.291. The number of halogens is 1. The summed E-state index contributed by atoms with van der Waals surface area (Å²) in [4.78, 5) is 0. The van der Waals surface area contributed by atoms with Crippen LogP contribution in [0.2, 0.25) is 0 Å². The molecule has 0 aromatic rings. The number of nitrogens with one attached hydrogen (secondary N) is 1. The molecule has 0 heterocycles. The van der Waals surface area contributed by atoms with Crippen molar-refractivity contribution in [3.63, 3.8) is 0 Å². The number of hydrogen-bond acceptors (Lipinski definition) is 2. The summed E-state index contributed by atoms with van der Waals surface area (Å²) >= 11 is 2.19. The van der Waals surface area contributed by atoms with Crippen molar-refractivity contribution in [2.45, 2.75) is 0 Å². The minimum absolute atomic E-state index is 0.908. The highest BCUT2D eigenvalue weighted by molar-refractivity contribution is 14.1. The van der Waals surface area contributed by atoms with Gasteiger partial charge in [0.2, 0.25) is 0 Å². The van der Waals surface area contributed by atoms with E-state index in [0.717, 1.165) is 4.55 Å². The first-order valence-electron chi connectivity index (χ1n) is 1.58. The average Bonchev–Trinajstić information content (AvgIpc) is 1.61. The molecule has 0 aromatic carbocycles. The third kappa shape index (κ3) is 4.07. The summed E-state index contributed by atoms with van der Waals surface area (Å²) in [5.41, 5.74) is 4.97. The molecule has 0 saturated heterocycles. The monoisotopic (exact) mass is 198 g/mol. The summed E-state index contributed by atoms with van der Waals surface area (Å²) in [5.74, 6) is 0. The van der Waals surface area contributed by atoms with Crippen molar-refractivity contribution in [3.8, 4) is 0 Å². The smallest absolute Gasteiger partial charge is 0.0665 e. The summed E-state index contributed by atoms with van der Waals surface area (Å²) in [7, 11) is 0. The SMILES string of the molecule is N/C=C\NCI. The molecule has 2 nitrogen and oxygen atoms in total. The Balaban J connectivity index is 2.66. The van der Waals surface area contributed by atoms with Crippen molar-refractivity contribution in [1.82, 2.24) is 5.32 Å². The first kappa shape index (κ1) is 6.07. The highest BCUT2D eigenvalue weighted by Crippen LogP contribution is 1.70. The van der Waals surface area contributed by atoms with Gasteiger partial charge in [0.15, 0.2) is 0 Å². The minimum Gasteiger partial charge on any atom is -0.403 e. The lowest BCUT2D eigenvalue weighted by molar-refractivity contribution is 1.08. The van der Waals surface area contributed by atoms with Gasteiger partial charge in [0.25, 0.3) is 0 Å². The van der Waals surface area contributed by atoms with Crippen LogP contribution in [-0.2, 0) is 0 Å². The lowest BCUT2D eigenvalue weighted by Crippen LogP contribution is -1.99. The topological polar surface area (TPSA) is 38.0 Å². The Labute approximate surface area is 50.9 Å². The molecular formula is C3H7IN2. The van der Waals surface area contributed by atoms with Gasteiger partial charge in [-0.3, -0.25) is 0 Å². The Morgan fingerprint density at radius 1 is 1.83 bits per heavy atom. The molecular weight excluding hydrogens is 191 g/mol. The van der Waals surface area contributed by atoms with Gasteiger partial charge in [0.1, 0.15) is 0 Å². The molecule has 0 unspecified atom stereocenters. The maximum absolute atomic E-state index is 4.97. The largest absolute Gasteiger partial charge is 0.403 e. The molecule has 0 amide bonds. The van der Waals surface area contributed by atoms with Crippen LogP contribution >= 0.6 is 22.6 Å². The van der Waals surface area contributed by atoms with Crippen molar-refractivity contribution >= 4 is 22.6 Å². The van der Waals surface area contributed by atoms with Crippen LogP contribution in [0.5, 0.6) is 0 Å². The number of rotatable bonds is 2. The fourth-order valence-electron chi connectivity index (χ4n) is 0.113. The molecule has 36 valence electrons. The van der Waals surface area contributed by atoms with Crippen LogP contribution in [0.3, 0.4) is 0 Å². The van der Waals surface area contributed by atoms with E-state index in [1.165, 1.54) is 6.20 Å². The van der Waals surface area contributed by atoms with E-state index in [-0.39, 0.29) is 0 Å². The second-order valence-electron chi connectivity index (χ2n) is 0.697. The Bertz CT molecular complexity index is 44.1. The molecule has 0 aliphatic heterocycles. The van der Waals surface area contributed by atoms with Gasteiger partial charge in [-0.2, -0.15) is 0 Å². The molecule has 0 aromatic heterocycles. The van der Waals surface area contributed by atoms with E-state index in [1.54, 1.807) is 6.20 Å². The molecule has 0 atom stereocenters. The molecule has 0 rings (SSSR count). The van der Waals surface area contributed by atoms with E-state index < -0.39 is 0 Å². The third-order valence-corrected chi connectivity index (χ3v) is 0.732. The first-order chi connectivity index (χ1) is 2.91. The van der Waals surface area contributed by atoms with Crippen LogP contribution in [0, 0.1) is 0 Å². The molecule has 3 N–H and O–H groups in total. The lowest BCUT2D eigenvalue weighted by atomic mass is 10.9. The molecule has 0 bridgehead atoms. The average molecular weight is 198 g/mol. The van der Waals surface area contributed by atoms with E-state index in [4.69, 9.17) is 5.73 Å². The highest BCUT2D eigenvalue weighted by atomic mass is 127. The molecule has 0 aliphatic rings. The predicted molar refractivity (Wildman–Crippen MR) is 35.4 cm³/mol. The van der Waals surface area contributed by atoms with E-state index >= 15 is 0 Å². The Morgan fingerprint density at radius 3 is 2.67 bits per heavy atom. The van der Waals surface area contributed by atoms with Gasteiger partial charge in [-0.05, 0) is 0 Å². The fraction of sp³-hybridized carbons (Fsp3) is 0.333. The first-order valence-corrected chi connectivity index (χ1v) is 3.10. The second kappa shape index (κ2) is 5.07. The molecule has 0 saturated carbocycles. The Morgan fingerprint density at radius 2 is 2.50 bits per heavy atom. The summed E-state index contributed by atoms with van der Waals surface area (Å²) in [6.07, 6.45) is 3.17. The van der Waals surface area contributed by atoms with Gasteiger partial charge in [0.05, 0.1) is 4.55 Å². The van der Waals surface area contributed by atoms with Gasteiger partial charge in [-0.15, -0.1) is 0 Å². The van der Waals surface area contributed by atoms with Crippen molar-refractivity contribution in [3.05, 3.63) is 12.4 Å². The number of hydrogen-bond donors (Lipinski definition) is 2. The van der Waals surface area contributed by atoms with E-state index in [2.05, 4.69) is 27.9 Å². The van der Waals surface area contributed by atoms with Gasteiger partial charge in [-0.1, -0.05) is 22.6 Å². The van der Waals surface area contributed by atoms with Crippen LogP contribution in [0.25, 0.3) is 0 Å². The zero-order valence-electron chi connectivity index (χ0n) is 3.32. The van der Waals surface area contributed by atoms with Crippen LogP contribution in [-0.4, -0.2) is 4.55 Å². The molecule has 0 radical (unpaired) electrons. The Kier molecular flexibility index (Phi) is 5.13. The fourth-order valence-corrected chi connectivity index (χ4v) is 0.367. The summed E-state index contributed by atoms with van der Waals surface area (Å²) in [6.45, 7) is 0. The standard InChI is InChI=1S/C3H7IN2/c4-3-6-2-1-5/h1-2,6H,3,5H2/b2-1-. The Hall–Kier alpha value is 0.0700. The van der Waals surface area contributed by atoms with E-state index in [1.807, 2.05) is 0 Å². The summed E-state index contributed by atoms with van der Waals surface area (Å²) < 4.78 is 0.908. The van der Waals surface area contributed by atoms with Gasteiger partial charge >= 0.3 is 0 Å². The van der Waals surface area contributed by atoms with Crippen LogP contribution in [0.4, 0.5) is 0 Å². The van der Waals surface area contributed by atoms with Crippen LogP contribution in [0.15, 0.2) is 12.4 Å². The molecule has 0 aliphatic carbocycles. The lowest BCUT2D eigenvalue weighted by Gasteiger charge is -1.84. The van der Waals surface area contributed by atoms with Crippen molar-refractivity contribution in [2.75, 3.05) is 4.55 Å². The minimum atomic E-state index is 0.908. The quantitative estimate of drug-likeness (QED) is 0.383. The zero-order valence-corrected chi connectivity index (χ0v) is 5.47. The number of alkyl halides is 1. The maximum atomic E-state index is 4.97. The predicted octanol–water partition coefficient (Wildman–Crippen LogP) is 0.398. The van der Waals surface area contributed by atoms with Gasteiger partial charge in [0, 0.05) is 12.4 Å². The summed E-state index contributed by atoms with van der Waals surface area (Å²) in [5, 5.41) is 2.88. The maximum Gasteiger partial charge on any atom is 0.0665 e. The molecule has 6 heavy (non-hydrogen) atoms. The highest BCUT2D eigenvalue weighted by Gasteiger charge is 1.60. The zero-order chi connectivity index (χ0) is 4.83. The molecule has 0 spiro atoms. The van der Waals surface area contributed by atoms with E-state index in [9.17, 15) is 0 Å². The summed E-state index contributed by atoms with van der Waals surface area (Å²) in [6, 6.07) is 0.